The van der Waals surface area contributed by atoms with Gasteiger partial charge in [-0.3, -0.25) is 9.69 Å². The molecule has 2 aliphatic heterocycles. The van der Waals surface area contributed by atoms with Crippen molar-refractivity contribution in [3.05, 3.63) is 0 Å². The van der Waals surface area contributed by atoms with E-state index in [0.717, 1.165) is 32.1 Å². The van der Waals surface area contributed by atoms with Gasteiger partial charge in [0.2, 0.25) is 5.91 Å². The summed E-state index contributed by atoms with van der Waals surface area (Å²) < 4.78 is 34.6. The Morgan fingerprint density at radius 1 is 0.903 bits per heavy atom. The highest BCUT2D eigenvalue weighted by atomic mass is 32.2. The third kappa shape index (κ3) is 5.70. The van der Waals surface area contributed by atoms with Crippen LogP contribution in [0.5, 0.6) is 0 Å². The molecule has 31 heavy (non-hydrogen) atoms. The molecule has 3 aliphatic rings. The fourth-order valence-corrected chi connectivity index (χ4v) is 6.30. The zero-order chi connectivity index (χ0) is 22.8. The van der Waals surface area contributed by atoms with E-state index in [4.69, 9.17) is 4.74 Å². The number of nitrogens with zero attached hydrogens (tertiary/aromatic N) is 4. The summed E-state index contributed by atoms with van der Waals surface area (Å²) in [4.78, 5) is 28.8. The number of carbonyl (C=O) groups excluding carboxylic acids is 2. The Morgan fingerprint density at radius 3 is 2.10 bits per heavy atom. The quantitative estimate of drug-likeness (QED) is 0.643. The third-order valence-corrected chi connectivity index (χ3v) is 8.54. The number of rotatable bonds is 4. The Balaban J connectivity index is 1.57. The van der Waals surface area contributed by atoms with E-state index >= 15 is 0 Å². The summed E-state index contributed by atoms with van der Waals surface area (Å²) >= 11 is 0. The van der Waals surface area contributed by atoms with Crippen molar-refractivity contribution in [3.8, 4) is 0 Å². The maximum atomic E-state index is 13.1. The topological polar surface area (TPSA) is 90.5 Å². The van der Waals surface area contributed by atoms with Crippen molar-refractivity contribution in [1.82, 2.24) is 18.4 Å². The predicted octanol–water partition coefficient (Wildman–Crippen LogP) is 2.04. The number of hydrogen-bond donors (Lipinski definition) is 0. The minimum atomic E-state index is -3.53. The van der Waals surface area contributed by atoms with Crippen LogP contribution in [-0.4, -0.2) is 96.3 Å². The lowest BCUT2D eigenvalue weighted by Gasteiger charge is -2.39. The number of carbonyl (C=O) groups is 2. The summed E-state index contributed by atoms with van der Waals surface area (Å²) in [5.74, 6) is -0.110. The van der Waals surface area contributed by atoms with Gasteiger partial charge in [-0.2, -0.15) is 17.0 Å². The lowest BCUT2D eigenvalue weighted by Crippen LogP contribution is -2.58. The number of piperazine rings is 1. The number of amides is 2. The second-order valence-electron chi connectivity index (χ2n) is 9.87. The molecule has 0 aromatic carbocycles. The first-order chi connectivity index (χ1) is 14.5. The molecule has 0 spiro atoms. The third-order valence-electron chi connectivity index (χ3n) is 6.50. The Labute approximate surface area is 186 Å². The van der Waals surface area contributed by atoms with Crippen LogP contribution in [0, 0.1) is 0 Å². The number of hydrogen-bond acceptors (Lipinski definition) is 5. The van der Waals surface area contributed by atoms with Crippen molar-refractivity contribution in [3.63, 3.8) is 0 Å². The number of ether oxygens (including phenoxy) is 1. The fourth-order valence-electron chi connectivity index (χ4n) is 4.73. The molecule has 3 rings (SSSR count). The molecular formula is C21H38N4O5S. The Bertz CT molecular complexity index is 752. The average molecular weight is 459 g/mol. The summed E-state index contributed by atoms with van der Waals surface area (Å²) in [5.41, 5.74) is -0.613. The second kappa shape index (κ2) is 9.62. The largest absolute Gasteiger partial charge is 0.444 e. The molecule has 0 aromatic rings. The van der Waals surface area contributed by atoms with E-state index in [9.17, 15) is 18.0 Å². The van der Waals surface area contributed by atoms with E-state index in [1.807, 2.05) is 20.8 Å². The van der Waals surface area contributed by atoms with E-state index in [2.05, 4.69) is 0 Å². The van der Waals surface area contributed by atoms with Gasteiger partial charge in [-0.05, 0) is 46.5 Å². The molecule has 0 aromatic heterocycles. The molecule has 9 nitrogen and oxygen atoms in total. The lowest BCUT2D eigenvalue weighted by atomic mass is 9.96. The molecular weight excluding hydrogens is 420 g/mol. The molecule has 1 unspecified atom stereocenters. The molecule has 0 bridgehead atoms. The van der Waals surface area contributed by atoms with Crippen LogP contribution in [-0.2, 0) is 19.7 Å². The molecule has 1 aliphatic carbocycles. The minimum absolute atomic E-state index is 0.0688. The van der Waals surface area contributed by atoms with Crippen LogP contribution in [0.4, 0.5) is 4.79 Å². The van der Waals surface area contributed by atoms with Crippen molar-refractivity contribution < 1.29 is 22.7 Å². The van der Waals surface area contributed by atoms with Gasteiger partial charge in [-0.15, -0.1) is 0 Å². The monoisotopic (exact) mass is 458 g/mol. The zero-order valence-corrected chi connectivity index (χ0v) is 20.2. The van der Waals surface area contributed by atoms with Gasteiger partial charge in [0.1, 0.15) is 11.6 Å². The van der Waals surface area contributed by atoms with Crippen LogP contribution in [0.25, 0.3) is 0 Å². The summed E-state index contributed by atoms with van der Waals surface area (Å²) in [7, 11) is -1.85. The minimum Gasteiger partial charge on any atom is -0.444 e. The molecule has 10 heteroatoms. The molecule has 178 valence electrons. The SMILES string of the molecule is CN(C1CCCCC1)S(=O)(=O)N1CCN(C(=O)C2CCCN2C(=O)OC(C)(C)C)CC1. The molecule has 2 heterocycles. The van der Waals surface area contributed by atoms with Gasteiger partial charge in [0, 0.05) is 45.8 Å². The molecule has 1 saturated carbocycles. The first-order valence-corrected chi connectivity index (χ1v) is 12.9. The van der Waals surface area contributed by atoms with Crippen molar-refractivity contribution in [2.45, 2.75) is 83.4 Å². The summed E-state index contributed by atoms with van der Waals surface area (Å²) in [6.45, 7) is 7.18. The van der Waals surface area contributed by atoms with Gasteiger partial charge in [0.25, 0.3) is 10.2 Å². The fraction of sp³-hybridized carbons (Fsp3) is 0.905. The number of likely N-dealkylation sites (tertiary alicyclic amines) is 1. The van der Waals surface area contributed by atoms with E-state index < -0.39 is 27.9 Å². The van der Waals surface area contributed by atoms with E-state index in [1.165, 1.54) is 19.9 Å². The molecule has 0 radical (unpaired) electrons. The maximum absolute atomic E-state index is 13.1. The molecule has 2 amide bonds. The van der Waals surface area contributed by atoms with E-state index in [0.29, 0.717) is 26.1 Å². The Hall–Kier alpha value is -1.39. The van der Waals surface area contributed by atoms with Crippen molar-refractivity contribution >= 4 is 22.2 Å². The smallest absolute Gasteiger partial charge is 0.410 e. The Morgan fingerprint density at radius 2 is 1.52 bits per heavy atom. The molecule has 0 N–H and O–H groups in total. The molecule has 2 saturated heterocycles. The second-order valence-corrected chi connectivity index (χ2v) is 11.9. The first kappa shape index (κ1) is 24.3. The molecule has 3 fully saturated rings. The highest BCUT2D eigenvalue weighted by Gasteiger charge is 2.41. The average Bonchev–Trinajstić information content (AvgIpc) is 3.22. The van der Waals surface area contributed by atoms with Gasteiger partial charge in [0.15, 0.2) is 0 Å². The van der Waals surface area contributed by atoms with Gasteiger partial charge in [0.05, 0.1) is 0 Å². The summed E-state index contributed by atoms with van der Waals surface area (Å²) in [5, 5.41) is 0. The van der Waals surface area contributed by atoms with Gasteiger partial charge >= 0.3 is 6.09 Å². The van der Waals surface area contributed by atoms with Crippen LogP contribution in [0.2, 0.25) is 0 Å². The Kier molecular flexibility index (Phi) is 7.53. The lowest BCUT2D eigenvalue weighted by molar-refractivity contribution is -0.137. The zero-order valence-electron chi connectivity index (χ0n) is 19.4. The normalized spacial score (nSPS) is 24.6. The first-order valence-electron chi connectivity index (χ1n) is 11.5. The van der Waals surface area contributed by atoms with Crippen LogP contribution in [0.15, 0.2) is 0 Å². The van der Waals surface area contributed by atoms with Crippen LogP contribution < -0.4 is 0 Å². The van der Waals surface area contributed by atoms with Gasteiger partial charge < -0.3 is 9.64 Å². The van der Waals surface area contributed by atoms with E-state index in [-0.39, 0.29) is 25.0 Å². The van der Waals surface area contributed by atoms with Crippen molar-refractivity contribution in [2.24, 2.45) is 0 Å². The standard InChI is InChI=1S/C21H38N4O5S/c1-21(2,3)30-20(27)25-12-8-11-18(25)19(26)23-13-15-24(16-14-23)31(28,29)22(4)17-9-6-5-7-10-17/h17-18H,5-16H2,1-4H3. The van der Waals surface area contributed by atoms with Gasteiger partial charge in [-0.25, -0.2) is 4.79 Å². The molecule has 1 atom stereocenters. The van der Waals surface area contributed by atoms with Crippen LogP contribution >= 0.6 is 0 Å². The summed E-state index contributed by atoms with van der Waals surface area (Å²) in [6, 6.07) is -0.456. The van der Waals surface area contributed by atoms with Gasteiger partial charge in [-0.1, -0.05) is 19.3 Å². The van der Waals surface area contributed by atoms with Crippen LogP contribution in [0.3, 0.4) is 0 Å². The van der Waals surface area contributed by atoms with Crippen LogP contribution in [0.1, 0.15) is 65.7 Å². The summed E-state index contributed by atoms with van der Waals surface area (Å²) in [6.07, 6.45) is 6.06. The highest BCUT2D eigenvalue weighted by Crippen LogP contribution is 2.26. The maximum Gasteiger partial charge on any atom is 0.410 e. The highest BCUT2D eigenvalue weighted by molar-refractivity contribution is 7.86. The predicted molar refractivity (Wildman–Crippen MR) is 118 cm³/mol. The van der Waals surface area contributed by atoms with Crippen molar-refractivity contribution in [2.75, 3.05) is 39.8 Å². The van der Waals surface area contributed by atoms with Crippen molar-refractivity contribution in [1.29, 1.82) is 0 Å². The van der Waals surface area contributed by atoms with E-state index in [1.54, 1.807) is 11.9 Å².